The summed E-state index contributed by atoms with van der Waals surface area (Å²) in [7, 11) is 0. The molecule has 0 radical (unpaired) electrons. The Morgan fingerprint density at radius 1 is 1.22 bits per heavy atom. The lowest BCUT2D eigenvalue weighted by Crippen LogP contribution is -2.01. The summed E-state index contributed by atoms with van der Waals surface area (Å²) in [6.45, 7) is 2.02. The maximum atomic E-state index is 12.2. The summed E-state index contributed by atoms with van der Waals surface area (Å²) in [6, 6.07) is 13.9. The van der Waals surface area contributed by atoms with Crippen LogP contribution < -0.4 is 0 Å². The van der Waals surface area contributed by atoms with Crippen molar-refractivity contribution in [3.05, 3.63) is 59.5 Å². The van der Waals surface area contributed by atoms with E-state index in [9.17, 15) is 4.79 Å². The smallest absolute Gasteiger partial charge is 0.201 e. The molecule has 2 nitrogen and oxygen atoms in total. The Morgan fingerprint density at radius 2 is 2.00 bits per heavy atom. The average molecular weight is 240 g/mol. The van der Waals surface area contributed by atoms with Gasteiger partial charge in [0.25, 0.3) is 0 Å². The largest absolute Gasteiger partial charge is 0.458 e. The van der Waals surface area contributed by atoms with E-state index in [1.165, 1.54) is 5.56 Å². The van der Waals surface area contributed by atoms with Crippen LogP contribution in [0.25, 0.3) is 0 Å². The van der Waals surface area contributed by atoms with Crippen molar-refractivity contribution >= 4 is 5.78 Å². The van der Waals surface area contributed by atoms with Gasteiger partial charge in [-0.2, -0.15) is 0 Å². The van der Waals surface area contributed by atoms with E-state index in [-0.39, 0.29) is 11.7 Å². The first-order valence-corrected chi connectivity index (χ1v) is 6.47. The average Bonchev–Trinajstić information content (AvgIpc) is 3.08. The van der Waals surface area contributed by atoms with Crippen LogP contribution >= 0.6 is 0 Å². The SMILES string of the molecule is CCc1ccc(C(=O)C2CC2c2ccccc2)o1. The standard InChI is InChI=1S/C16H16O2/c1-2-12-8-9-15(18-12)16(17)14-10-13(14)11-6-4-3-5-7-11/h3-9,13-14H,2,10H2,1H3. The Labute approximate surface area is 107 Å². The topological polar surface area (TPSA) is 30.2 Å². The fourth-order valence-electron chi connectivity index (χ4n) is 2.44. The number of hydrogen-bond acceptors (Lipinski definition) is 2. The number of Topliss-reactive ketones (excluding diaryl/α,β-unsaturated/α-hetero) is 1. The van der Waals surface area contributed by atoms with Gasteiger partial charge in [0.05, 0.1) is 0 Å². The summed E-state index contributed by atoms with van der Waals surface area (Å²) >= 11 is 0. The van der Waals surface area contributed by atoms with Crippen LogP contribution in [0.2, 0.25) is 0 Å². The summed E-state index contributed by atoms with van der Waals surface area (Å²) in [5, 5.41) is 0. The molecule has 0 aliphatic heterocycles. The molecule has 2 heteroatoms. The van der Waals surface area contributed by atoms with Crippen molar-refractivity contribution in [3.8, 4) is 0 Å². The predicted octanol–water partition coefficient (Wildman–Crippen LogP) is 3.83. The highest BCUT2D eigenvalue weighted by molar-refractivity contribution is 5.98. The van der Waals surface area contributed by atoms with Gasteiger partial charge in [0, 0.05) is 12.3 Å². The van der Waals surface area contributed by atoms with Crippen molar-refractivity contribution in [2.75, 3.05) is 0 Å². The maximum Gasteiger partial charge on any atom is 0.201 e. The fourth-order valence-corrected chi connectivity index (χ4v) is 2.44. The molecule has 0 saturated heterocycles. The van der Waals surface area contributed by atoms with Gasteiger partial charge in [-0.05, 0) is 30.0 Å². The van der Waals surface area contributed by atoms with E-state index in [1.54, 1.807) is 0 Å². The van der Waals surface area contributed by atoms with Crippen LogP contribution in [0.5, 0.6) is 0 Å². The number of aryl methyl sites for hydroxylation is 1. The minimum atomic E-state index is 0.114. The molecule has 92 valence electrons. The number of carbonyl (C=O) groups excluding carboxylic acids is 1. The van der Waals surface area contributed by atoms with E-state index in [0.29, 0.717) is 11.7 Å². The summed E-state index contributed by atoms with van der Waals surface area (Å²) < 4.78 is 5.53. The lowest BCUT2D eigenvalue weighted by molar-refractivity contribution is 0.0936. The zero-order valence-corrected chi connectivity index (χ0v) is 10.4. The molecule has 1 aliphatic rings. The van der Waals surface area contributed by atoms with Crippen molar-refractivity contribution in [1.82, 2.24) is 0 Å². The highest BCUT2D eigenvalue weighted by atomic mass is 16.3. The first-order chi connectivity index (χ1) is 8.79. The molecule has 2 atom stereocenters. The quantitative estimate of drug-likeness (QED) is 0.760. The molecule has 1 saturated carbocycles. The Kier molecular flexibility index (Phi) is 2.78. The van der Waals surface area contributed by atoms with Crippen LogP contribution in [0.1, 0.15) is 41.1 Å². The molecule has 1 heterocycles. The Morgan fingerprint density at radius 3 is 2.67 bits per heavy atom. The Hall–Kier alpha value is -1.83. The van der Waals surface area contributed by atoms with Crippen LogP contribution in [-0.4, -0.2) is 5.78 Å². The molecule has 3 rings (SSSR count). The molecule has 1 aromatic carbocycles. The second-order valence-corrected chi connectivity index (χ2v) is 4.84. The number of benzene rings is 1. The zero-order valence-electron chi connectivity index (χ0n) is 10.4. The van der Waals surface area contributed by atoms with Gasteiger partial charge in [0.15, 0.2) is 5.76 Å². The molecule has 0 bridgehead atoms. The van der Waals surface area contributed by atoms with Gasteiger partial charge in [-0.3, -0.25) is 4.79 Å². The van der Waals surface area contributed by atoms with Gasteiger partial charge in [0.1, 0.15) is 5.76 Å². The molecular weight excluding hydrogens is 224 g/mol. The first-order valence-electron chi connectivity index (χ1n) is 6.47. The lowest BCUT2D eigenvalue weighted by Gasteiger charge is -1.98. The van der Waals surface area contributed by atoms with E-state index in [4.69, 9.17) is 4.42 Å². The summed E-state index contributed by atoms with van der Waals surface area (Å²) in [5.74, 6) is 2.06. The number of ketones is 1. The van der Waals surface area contributed by atoms with E-state index < -0.39 is 0 Å². The molecule has 0 spiro atoms. The van der Waals surface area contributed by atoms with Gasteiger partial charge in [-0.15, -0.1) is 0 Å². The number of rotatable bonds is 4. The molecule has 1 aromatic heterocycles. The van der Waals surface area contributed by atoms with Crippen LogP contribution in [-0.2, 0) is 6.42 Å². The minimum absolute atomic E-state index is 0.114. The summed E-state index contributed by atoms with van der Waals surface area (Å²) in [5.41, 5.74) is 1.26. The second-order valence-electron chi connectivity index (χ2n) is 4.84. The van der Waals surface area contributed by atoms with Crippen molar-refractivity contribution in [2.24, 2.45) is 5.92 Å². The van der Waals surface area contributed by atoms with Gasteiger partial charge in [-0.1, -0.05) is 37.3 Å². The zero-order chi connectivity index (χ0) is 12.5. The summed E-state index contributed by atoms with van der Waals surface area (Å²) in [6.07, 6.45) is 1.78. The van der Waals surface area contributed by atoms with E-state index >= 15 is 0 Å². The molecule has 18 heavy (non-hydrogen) atoms. The van der Waals surface area contributed by atoms with Gasteiger partial charge >= 0.3 is 0 Å². The van der Waals surface area contributed by atoms with Crippen molar-refractivity contribution in [2.45, 2.75) is 25.7 Å². The highest BCUT2D eigenvalue weighted by Gasteiger charge is 2.44. The first kappa shape index (κ1) is 11.3. The van der Waals surface area contributed by atoms with E-state index in [0.717, 1.165) is 18.6 Å². The molecule has 2 aromatic rings. The predicted molar refractivity (Wildman–Crippen MR) is 69.7 cm³/mol. The van der Waals surface area contributed by atoms with E-state index in [1.807, 2.05) is 37.3 Å². The molecule has 2 unspecified atom stereocenters. The van der Waals surface area contributed by atoms with Gasteiger partial charge in [-0.25, -0.2) is 0 Å². The number of furan rings is 1. The molecule has 0 amide bonds. The van der Waals surface area contributed by atoms with Crippen molar-refractivity contribution in [1.29, 1.82) is 0 Å². The van der Waals surface area contributed by atoms with Crippen molar-refractivity contribution < 1.29 is 9.21 Å². The lowest BCUT2D eigenvalue weighted by atomic mass is 10.1. The van der Waals surface area contributed by atoms with Gasteiger partial charge < -0.3 is 4.42 Å². The second kappa shape index (κ2) is 4.45. The van der Waals surface area contributed by atoms with E-state index in [2.05, 4.69) is 12.1 Å². The fraction of sp³-hybridized carbons (Fsp3) is 0.312. The molecule has 0 N–H and O–H groups in total. The number of carbonyl (C=O) groups is 1. The molecule has 1 aliphatic carbocycles. The minimum Gasteiger partial charge on any atom is -0.458 e. The molecule has 1 fully saturated rings. The molecular formula is C16H16O2. The number of hydrogen-bond donors (Lipinski definition) is 0. The normalized spacial score (nSPS) is 21.8. The van der Waals surface area contributed by atoms with Gasteiger partial charge in [0.2, 0.25) is 5.78 Å². The van der Waals surface area contributed by atoms with Crippen LogP contribution in [0, 0.1) is 5.92 Å². The Balaban J connectivity index is 1.73. The maximum absolute atomic E-state index is 12.2. The third kappa shape index (κ3) is 1.99. The third-order valence-corrected chi connectivity index (χ3v) is 3.61. The van der Waals surface area contributed by atoms with Crippen LogP contribution in [0.4, 0.5) is 0 Å². The van der Waals surface area contributed by atoms with Crippen LogP contribution in [0.15, 0.2) is 46.9 Å². The Bertz CT molecular complexity index is 553. The summed E-state index contributed by atoms with van der Waals surface area (Å²) in [4.78, 5) is 12.2. The van der Waals surface area contributed by atoms with Crippen LogP contribution in [0.3, 0.4) is 0 Å². The van der Waals surface area contributed by atoms with Crippen molar-refractivity contribution in [3.63, 3.8) is 0 Å². The highest BCUT2D eigenvalue weighted by Crippen LogP contribution is 2.49. The third-order valence-electron chi connectivity index (χ3n) is 3.61. The monoisotopic (exact) mass is 240 g/mol.